The van der Waals surface area contributed by atoms with Crippen LogP contribution in [0.4, 0.5) is 17.1 Å². The van der Waals surface area contributed by atoms with E-state index in [0.717, 1.165) is 11.4 Å². The van der Waals surface area contributed by atoms with Gasteiger partial charge in [0.2, 0.25) is 0 Å². The molecule has 0 aliphatic heterocycles. The molecule has 72 heavy (non-hydrogen) atoms. The first kappa shape index (κ1) is 41.3. The SMILES string of the molecule is CC1(C)c2ccccc2-c2ccc(N(c3ccc(-c4ccc5c(c4)C(C)(C)c4ccc6ccccc6c4-5)cc3)c3cccc4c3-c3ccccc3C43c4ccccc4-c4c(-c5ccccc5)cccc43)cc21. The van der Waals surface area contributed by atoms with Gasteiger partial charge in [-0.3, -0.25) is 0 Å². The third kappa shape index (κ3) is 5.38. The molecule has 4 aliphatic carbocycles. The number of hydrogen-bond acceptors (Lipinski definition) is 1. The Morgan fingerprint density at radius 3 is 1.58 bits per heavy atom. The monoisotopic (exact) mass is 917 g/mol. The van der Waals surface area contributed by atoms with Crippen LogP contribution in [0.2, 0.25) is 0 Å². The Morgan fingerprint density at radius 2 is 0.806 bits per heavy atom. The number of benzene rings is 11. The number of hydrogen-bond donors (Lipinski definition) is 0. The Labute approximate surface area is 422 Å². The average molecular weight is 918 g/mol. The molecule has 0 aromatic heterocycles. The maximum Gasteiger partial charge on any atom is 0.0726 e. The van der Waals surface area contributed by atoms with Crippen molar-refractivity contribution in [1.82, 2.24) is 0 Å². The summed E-state index contributed by atoms with van der Waals surface area (Å²) in [6.45, 7) is 9.55. The molecule has 0 bridgehead atoms. The van der Waals surface area contributed by atoms with Crippen LogP contribution in [0.25, 0.3) is 77.5 Å². The minimum atomic E-state index is -0.511. The molecule has 11 aromatic carbocycles. The molecular formula is C71H51N. The zero-order chi connectivity index (χ0) is 48.1. The van der Waals surface area contributed by atoms with Crippen molar-refractivity contribution in [2.75, 3.05) is 4.90 Å². The van der Waals surface area contributed by atoms with Gasteiger partial charge >= 0.3 is 0 Å². The van der Waals surface area contributed by atoms with E-state index in [2.05, 4.69) is 269 Å². The summed E-state index contributed by atoms with van der Waals surface area (Å²) in [5, 5.41) is 2.62. The lowest BCUT2D eigenvalue weighted by Gasteiger charge is -2.32. The van der Waals surface area contributed by atoms with Gasteiger partial charge in [0.1, 0.15) is 0 Å². The van der Waals surface area contributed by atoms with E-state index in [1.807, 2.05) is 0 Å². The fourth-order valence-corrected chi connectivity index (χ4v) is 14.0. The van der Waals surface area contributed by atoms with Crippen LogP contribution in [-0.2, 0) is 16.2 Å². The molecule has 4 aliphatic rings. The van der Waals surface area contributed by atoms with Crippen LogP contribution in [-0.4, -0.2) is 0 Å². The van der Waals surface area contributed by atoms with E-state index in [4.69, 9.17) is 0 Å². The Kier molecular flexibility index (Phi) is 8.46. The highest BCUT2D eigenvalue weighted by Crippen LogP contribution is 2.66. The smallest absolute Gasteiger partial charge is 0.0726 e. The molecule has 0 saturated carbocycles. The molecule has 0 N–H and O–H groups in total. The number of nitrogens with zero attached hydrogens (tertiary/aromatic N) is 1. The fraction of sp³-hybridized carbons (Fsp3) is 0.0986. The largest absolute Gasteiger partial charge is 0.310 e. The lowest BCUT2D eigenvalue weighted by molar-refractivity contribution is 0.660. The summed E-state index contributed by atoms with van der Waals surface area (Å²) in [5.41, 5.74) is 29.0. The Hall–Kier alpha value is -8.52. The predicted molar refractivity (Wildman–Crippen MR) is 301 cm³/mol. The second-order valence-electron chi connectivity index (χ2n) is 21.5. The van der Waals surface area contributed by atoms with Gasteiger partial charge in [-0.1, -0.05) is 228 Å². The lowest BCUT2D eigenvalue weighted by Crippen LogP contribution is -2.26. The molecule has 0 heterocycles. The Bertz CT molecular complexity index is 4090. The quantitative estimate of drug-likeness (QED) is 0.166. The molecule has 340 valence electrons. The fourth-order valence-electron chi connectivity index (χ4n) is 14.0. The van der Waals surface area contributed by atoms with Crippen LogP contribution in [0, 0.1) is 0 Å². The van der Waals surface area contributed by atoms with E-state index in [-0.39, 0.29) is 10.8 Å². The van der Waals surface area contributed by atoms with Gasteiger partial charge < -0.3 is 4.90 Å². The highest BCUT2D eigenvalue weighted by molar-refractivity contribution is 6.05. The van der Waals surface area contributed by atoms with Crippen molar-refractivity contribution < 1.29 is 0 Å². The molecule has 0 saturated heterocycles. The van der Waals surface area contributed by atoms with Crippen LogP contribution in [0.3, 0.4) is 0 Å². The minimum Gasteiger partial charge on any atom is -0.310 e. The molecule has 0 amide bonds. The van der Waals surface area contributed by atoms with Gasteiger partial charge in [0.05, 0.1) is 11.1 Å². The third-order valence-electron chi connectivity index (χ3n) is 17.3. The standard InChI is InChI=1S/C71H51N/c1-69(2)57-26-13-10-22-52(57)53-40-38-49(43-64(53)69)72(48-36-32-44(33-37-48)47-34-39-56-63(42-47)70(3,4)60-41-35-46-20-8-9-21-50(46)66(56)60)65-31-17-30-62-68(65)55-24-12-15-28-59(55)71(62)58-27-14-11-23-54(58)67-51(25-16-29-61(67)71)45-18-6-5-7-19-45/h5-43H,1-4H3. The Balaban J connectivity index is 0.932. The predicted octanol–water partition coefficient (Wildman–Crippen LogP) is 18.6. The van der Waals surface area contributed by atoms with Crippen molar-refractivity contribution in [3.63, 3.8) is 0 Å². The van der Waals surface area contributed by atoms with E-state index in [1.54, 1.807) is 0 Å². The first-order valence-corrected chi connectivity index (χ1v) is 25.6. The highest BCUT2D eigenvalue weighted by atomic mass is 15.1. The molecule has 1 heteroatoms. The first-order valence-electron chi connectivity index (χ1n) is 25.6. The van der Waals surface area contributed by atoms with E-state index >= 15 is 0 Å². The van der Waals surface area contributed by atoms with E-state index in [9.17, 15) is 0 Å². The van der Waals surface area contributed by atoms with Crippen LogP contribution in [0.5, 0.6) is 0 Å². The first-order chi connectivity index (χ1) is 35.2. The number of rotatable bonds is 5. The van der Waals surface area contributed by atoms with Gasteiger partial charge in [-0.15, -0.1) is 0 Å². The summed E-state index contributed by atoms with van der Waals surface area (Å²) in [5.74, 6) is 0. The van der Waals surface area contributed by atoms with Gasteiger partial charge in [0.15, 0.2) is 0 Å². The van der Waals surface area contributed by atoms with E-state index < -0.39 is 5.41 Å². The molecule has 1 nitrogen and oxygen atoms in total. The molecule has 0 fully saturated rings. The van der Waals surface area contributed by atoms with Crippen LogP contribution < -0.4 is 4.90 Å². The topological polar surface area (TPSA) is 3.24 Å². The third-order valence-corrected chi connectivity index (χ3v) is 17.3. The number of fused-ring (bicyclic) bond motifs is 18. The van der Waals surface area contributed by atoms with Gasteiger partial charge in [0, 0.05) is 27.8 Å². The van der Waals surface area contributed by atoms with Crippen molar-refractivity contribution in [1.29, 1.82) is 0 Å². The molecule has 11 aromatic rings. The summed E-state index contributed by atoms with van der Waals surface area (Å²) in [7, 11) is 0. The highest BCUT2D eigenvalue weighted by Gasteiger charge is 2.53. The minimum absolute atomic E-state index is 0.118. The van der Waals surface area contributed by atoms with Crippen molar-refractivity contribution in [2.24, 2.45) is 0 Å². The van der Waals surface area contributed by atoms with Crippen molar-refractivity contribution in [3.8, 4) is 66.8 Å². The summed E-state index contributed by atoms with van der Waals surface area (Å²) >= 11 is 0. The van der Waals surface area contributed by atoms with Crippen molar-refractivity contribution in [2.45, 2.75) is 43.9 Å². The van der Waals surface area contributed by atoms with Crippen molar-refractivity contribution in [3.05, 3.63) is 281 Å². The maximum absolute atomic E-state index is 2.55. The normalized spacial score (nSPS) is 16.3. The Morgan fingerprint density at radius 1 is 0.278 bits per heavy atom. The van der Waals surface area contributed by atoms with Gasteiger partial charge in [-0.25, -0.2) is 0 Å². The molecule has 0 radical (unpaired) electrons. The maximum atomic E-state index is 2.55. The van der Waals surface area contributed by atoms with Crippen LogP contribution in [0.15, 0.2) is 237 Å². The molecule has 1 atom stereocenters. The molecule has 1 unspecified atom stereocenters. The average Bonchev–Trinajstić information content (AvgIpc) is 4.07. The van der Waals surface area contributed by atoms with E-state index in [1.165, 1.54) is 128 Å². The van der Waals surface area contributed by atoms with Crippen LogP contribution >= 0.6 is 0 Å². The van der Waals surface area contributed by atoms with Gasteiger partial charge in [-0.2, -0.15) is 0 Å². The summed E-state index contributed by atoms with van der Waals surface area (Å²) < 4.78 is 0. The molecule has 1 spiro atoms. The van der Waals surface area contributed by atoms with Crippen LogP contribution in [0.1, 0.15) is 72.2 Å². The van der Waals surface area contributed by atoms with Crippen molar-refractivity contribution >= 4 is 27.8 Å². The zero-order valence-electron chi connectivity index (χ0n) is 41.0. The summed E-state index contributed by atoms with van der Waals surface area (Å²) in [6, 6.07) is 89.7. The lowest BCUT2D eigenvalue weighted by atomic mass is 9.70. The van der Waals surface area contributed by atoms with Gasteiger partial charge in [0.25, 0.3) is 0 Å². The second-order valence-corrected chi connectivity index (χ2v) is 21.5. The van der Waals surface area contributed by atoms with Gasteiger partial charge in [-0.05, 0) is 153 Å². The zero-order valence-corrected chi connectivity index (χ0v) is 41.0. The number of anilines is 3. The molecular weight excluding hydrogens is 867 g/mol. The second kappa shape index (κ2) is 14.8. The van der Waals surface area contributed by atoms with E-state index in [0.29, 0.717) is 0 Å². The summed E-state index contributed by atoms with van der Waals surface area (Å²) in [4.78, 5) is 2.55. The summed E-state index contributed by atoms with van der Waals surface area (Å²) in [6.07, 6.45) is 0. The molecule has 15 rings (SSSR count).